The number of ether oxygens (including phenoxy) is 1. The average Bonchev–Trinajstić information content (AvgIpc) is 3.15. The molecule has 0 bridgehead atoms. The van der Waals surface area contributed by atoms with Crippen molar-refractivity contribution in [2.75, 3.05) is 31.6 Å². The lowest BCUT2D eigenvalue weighted by molar-refractivity contribution is -0.140. The van der Waals surface area contributed by atoms with Gasteiger partial charge in [-0.25, -0.2) is 19.7 Å². The molecule has 1 amide bonds. The number of aromatic amines is 1. The summed E-state index contributed by atoms with van der Waals surface area (Å²) in [7, 11) is 1.07. The lowest BCUT2D eigenvalue weighted by Gasteiger charge is -2.34. The number of rotatable bonds is 3. The molecule has 11 heteroatoms. The zero-order chi connectivity index (χ0) is 20.6. The molecule has 1 N–H and O–H groups in total. The molecule has 4 rings (SSSR count). The summed E-state index contributed by atoms with van der Waals surface area (Å²) >= 11 is 0. The van der Waals surface area contributed by atoms with E-state index in [1.807, 2.05) is 11.0 Å². The molecule has 0 aromatic carbocycles. The fourth-order valence-corrected chi connectivity index (χ4v) is 3.57. The molecule has 1 aliphatic heterocycles. The normalized spacial score (nSPS) is 17.7. The van der Waals surface area contributed by atoms with Crippen molar-refractivity contribution in [3.63, 3.8) is 0 Å². The molecule has 0 saturated carbocycles. The Labute approximate surface area is 163 Å². The number of halogens is 3. The van der Waals surface area contributed by atoms with Crippen LogP contribution in [0.25, 0.3) is 21.9 Å². The third-order valence-corrected chi connectivity index (χ3v) is 4.84. The number of anilines is 1. The van der Waals surface area contributed by atoms with Gasteiger partial charge in [0.1, 0.15) is 30.4 Å². The minimum atomic E-state index is -4.47. The van der Waals surface area contributed by atoms with Crippen LogP contribution >= 0.6 is 0 Å². The van der Waals surface area contributed by atoms with E-state index in [1.165, 1.54) is 6.33 Å². The van der Waals surface area contributed by atoms with Gasteiger partial charge in [-0.1, -0.05) is 0 Å². The highest BCUT2D eigenvalue weighted by atomic mass is 19.4. The van der Waals surface area contributed by atoms with E-state index in [9.17, 15) is 18.0 Å². The van der Waals surface area contributed by atoms with E-state index in [-0.39, 0.29) is 0 Å². The van der Waals surface area contributed by atoms with Gasteiger partial charge in [0.2, 0.25) is 0 Å². The summed E-state index contributed by atoms with van der Waals surface area (Å²) in [4.78, 5) is 30.6. The number of hydrogen-bond acceptors (Lipinski definition) is 6. The molecule has 0 radical (unpaired) electrons. The third-order valence-electron chi connectivity index (χ3n) is 4.84. The number of amides is 1. The number of aromatic nitrogens is 4. The highest BCUT2D eigenvalue weighted by molar-refractivity contribution is 6.08. The monoisotopic (exact) mass is 408 g/mol. The Morgan fingerprint density at radius 1 is 1.38 bits per heavy atom. The number of piperidine rings is 1. The number of H-pyrrole nitrogens is 1. The molecule has 154 valence electrons. The Morgan fingerprint density at radius 2 is 2.21 bits per heavy atom. The van der Waals surface area contributed by atoms with Crippen LogP contribution in [0.5, 0.6) is 0 Å². The lowest BCUT2D eigenvalue weighted by atomic mass is 10.1. The van der Waals surface area contributed by atoms with Crippen molar-refractivity contribution in [2.45, 2.75) is 25.1 Å². The summed E-state index contributed by atoms with van der Waals surface area (Å²) in [5, 5.41) is 1.71. The first-order valence-electron chi connectivity index (χ1n) is 9.12. The van der Waals surface area contributed by atoms with Crippen molar-refractivity contribution in [2.24, 2.45) is 0 Å². The zero-order valence-corrected chi connectivity index (χ0v) is 15.6. The smallest absolute Gasteiger partial charge is 0.410 e. The first-order chi connectivity index (χ1) is 13.8. The summed E-state index contributed by atoms with van der Waals surface area (Å²) in [6.07, 6.45) is 0.199. The summed E-state index contributed by atoms with van der Waals surface area (Å²) in [6.45, 7) is -0.323. The van der Waals surface area contributed by atoms with Crippen molar-refractivity contribution in [1.29, 1.82) is 0 Å². The largest absolute Gasteiger partial charge is 0.444 e. The number of nitrogens with zero attached hydrogens (tertiary/aromatic N) is 5. The third kappa shape index (κ3) is 4.03. The van der Waals surface area contributed by atoms with E-state index in [0.29, 0.717) is 47.8 Å². The Bertz CT molecular complexity index is 1040. The van der Waals surface area contributed by atoms with Gasteiger partial charge < -0.3 is 19.5 Å². The van der Waals surface area contributed by atoms with Crippen molar-refractivity contribution < 1.29 is 22.7 Å². The van der Waals surface area contributed by atoms with Crippen molar-refractivity contribution in [3.8, 4) is 0 Å². The Balaban J connectivity index is 1.55. The highest BCUT2D eigenvalue weighted by Crippen LogP contribution is 2.31. The van der Waals surface area contributed by atoms with Crippen LogP contribution in [0.15, 0.2) is 24.8 Å². The lowest BCUT2D eigenvalue weighted by Crippen LogP contribution is -2.44. The summed E-state index contributed by atoms with van der Waals surface area (Å²) in [5.74, 6) is 0.686. The highest BCUT2D eigenvalue weighted by Gasteiger charge is 2.33. The summed E-state index contributed by atoms with van der Waals surface area (Å²) in [5.41, 5.74) is 1.40. The van der Waals surface area contributed by atoms with E-state index in [4.69, 9.17) is 4.74 Å². The van der Waals surface area contributed by atoms with Gasteiger partial charge in [-0.2, -0.15) is 13.2 Å². The maximum Gasteiger partial charge on any atom is 0.410 e. The Hall–Kier alpha value is -3.11. The van der Waals surface area contributed by atoms with E-state index in [2.05, 4.69) is 19.9 Å². The first kappa shape index (κ1) is 19.2. The van der Waals surface area contributed by atoms with Crippen LogP contribution in [0.2, 0.25) is 0 Å². The molecule has 3 aromatic rings. The topological polar surface area (TPSA) is 87.2 Å². The predicted molar refractivity (Wildman–Crippen MR) is 99.6 cm³/mol. The second-order valence-corrected chi connectivity index (χ2v) is 7.02. The summed E-state index contributed by atoms with van der Waals surface area (Å²) < 4.78 is 42.8. The standard InChI is InChI=1S/C18H19F3N6O2/c1-26(9-18(19,20)21)17(28)29-11-3-2-6-27(8-11)16-14-12-4-5-22-15(12)23-7-13(14)24-10-25-16/h4-5,7,10-11H,2-3,6,8-9H2,1H3,(H,22,23). The van der Waals surface area contributed by atoms with Crippen molar-refractivity contribution in [3.05, 3.63) is 24.8 Å². The molecular formula is C18H19F3N6O2. The van der Waals surface area contributed by atoms with Crippen LogP contribution in [-0.4, -0.2) is 69.9 Å². The Morgan fingerprint density at radius 3 is 3.00 bits per heavy atom. The maximum absolute atomic E-state index is 12.5. The number of pyridine rings is 1. The summed E-state index contributed by atoms with van der Waals surface area (Å²) in [6, 6.07) is 1.89. The second-order valence-electron chi connectivity index (χ2n) is 7.02. The van der Waals surface area contributed by atoms with Gasteiger partial charge in [-0.15, -0.1) is 0 Å². The molecule has 1 fully saturated rings. The number of carbonyl (C=O) groups excluding carboxylic acids is 1. The minimum absolute atomic E-state index is 0.339. The quantitative estimate of drug-likeness (QED) is 0.717. The fourth-order valence-electron chi connectivity index (χ4n) is 3.57. The van der Waals surface area contributed by atoms with E-state index >= 15 is 0 Å². The van der Waals surface area contributed by atoms with E-state index < -0.39 is 24.9 Å². The van der Waals surface area contributed by atoms with Gasteiger partial charge in [0.25, 0.3) is 0 Å². The fraction of sp³-hybridized carbons (Fsp3) is 0.444. The number of hydrogen-bond donors (Lipinski definition) is 1. The molecule has 1 atom stereocenters. The molecule has 8 nitrogen and oxygen atoms in total. The minimum Gasteiger partial charge on any atom is -0.444 e. The number of carbonyl (C=O) groups is 1. The van der Waals surface area contributed by atoms with Gasteiger partial charge in [-0.3, -0.25) is 0 Å². The maximum atomic E-state index is 12.5. The zero-order valence-electron chi connectivity index (χ0n) is 15.6. The van der Waals surface area contributed by atoms with Crippen LogP contribution < -0.4 is 4.90 Å². The van der Waals surface area contributed by atoms with E-state index in [1.54, 1.807) is 12.4 Å². The van der Waals surface area contributed by atoms with Gasteiger partial charge in [0.05, 0.1) is 23.6 Å². The molecule has 4 heterocycles. The SMILES string of the molecule is CN(CC(F)(F)F)C(=O)OC1CCCN(c2ncnc3cnc4[nH]ccc4c23)C1. The first-order valence-corrected chi connectivity index (χ1v) is 9.12. The van der Waals surface area contributed by atoms with E-state index in [0.717, 1.165) is 17.8 Å². The molecule has 1 aliphatic rings. The number of alkyl halides is 3. The van der Waals surface area contributed by atoms with Gasteiger partial charge in [0, 0.05) is 25.2 Å². The van der Waals surface area contributed by atoms with Gasteiger partial charge in [-0.05, 0) is 18.9 Å². The van der Waals surface area contributed by atoms with Crippen LogP contribution in [-0.2, 0) is 4.74 Å². The van der Waals surface area contributed by atoms with Crippen LogP contribution in [0.4, 0.5) is 23.8 Å². The molecular weight excluding hydrogens is 389 g/mol. The Kier molecular flexibility index (Phi) is 4.89. The molecule has 0 aliphatic carbocycles. The number of nitrogens with one attached hydrogen (secondary N) is 1. The van der Waals surface area contributed by atoms with Crippen molar-refractivity contribution in [1.82, 2.24) is 24.8 Å². The number of fused-ring (bicyclic) bond motifs is 3. The second kappa shape index (κ2) is 7.37. The molecule has 3 aromatic heterocycles. The molecule has 29 heavy (non-hydrogen) atoms. The van der Waals surface area contributed by atoms with Gasteiger partial charge >= 0.3 is 12.3 Å². The van der Waals surface area contributed by atoms with Crippen LogP contribution in [0, 0.1) is 0 Å². The van der Waals surface area contributed by atoms with Crippen LogP contribution in [0.1, 0.15) is 12.8 Å². The van der Waals surface area contributed by atoms with Crippen molar-refractivity contribution >= 4 is 33.8 Å². The molecule has 0 spiro atoms. The average molecular weight is 408 g/mol. The molecule has 1 unspecified atom stereocenters. The van der Waals surface area contributed by atoms with Gasteiger partial charge in [0.15, 0.2) is 0 Å². The predicted octanol–water partition coefficient (Wildman–Crippen LogP) is 3.11. The van der Waals surface area contributed by atoms with Crippen LogP contribution in [0.3, 0.4) is 0 Å². The molecule has 1 saturated heterocycles.